The Morgan fingerprint density at radius 1 is 0.966 bits per heavy atom. The van der Waals surface area contributed by atoms with E-state index >= 15 is 0 Å². The number of nitrogens with one attached hydrogen (secondary N) is 3. The van der Waals surface area contributed by atoms with Crippen molar-refractivity contribution in [2.75, 3.05) is 17.2 Å². The molecule has 2 aromatic carbocycles. The van der Waals surface area contributed by atoms with Crippen molar-refractivity contribution in [2.24, 2.45) is 0 Å². The molecule has 2 aromatic rings. The van der Waals surface area contributed by atoms with Gasteiger partial charge in [-0.05, 0) is 63.2 Å². The molecule has 0 aliphatic rings. The van der Waals surface area contributed by atoms with Gasteiger partial charge in [-0.15, -0.1) is 0 Å². The molecular formula is C20H25N3O5S. The van der Waals surface area contributed by atoms with Crippen molar-refractivity contribution in [3.8, 4) is 5.75 Å². The van der Waals surface area contributed by atoms with Crippen LogP contribution in [0.3, 0.4) is 0 Å². The smallest absolute Gasteiger partial charge is 0.262 e. The molecule has 156 valence electrons. The number of carbonyl (C=O) groups is 2. The Labute approximate surface area is 170 Å². The highest BCUT2D eigenvalue weighted by molar-refractivity contribution is 7.89. The first-order valence-electron chi connectivity index (χ1n) is 8.89. The summed E-state index contributed by atoms with van der Waals surface area (Å²) in [6.45, 7) is 6.41. The van der Waals surface area contributed by atoms with E-state index in [-0.39, 0.29) is 17.4 Å². The van der Waals surface area contributed by atoms with Gasteiger partial charge in [-0.3, -0.25) is 9.59 Å². The second-order valence-electron chi connectivity index (χ2n) is 7.43. The molecule has 0 spiro atoms. The van der Waals surface area contributed by atoms with Crippen LogP contribution in [0.25, 0.3) is 0 Å². The molecule has 8 nitrogen and oxygen atoms in total. The molecule has 3 N–H and O–H groups in total. The van der Waals surface area contributed by atoms with E-state index in [2.05, 4.69) is 15.4 Å². The molecule has 0 heterocycles. The fourth-order valence-electron chi connectivity index (χ4n) is 2.40. The van der Waals surface area contributed by atoms with Gasteiger partial charge in [0.1, 0.15) is 5.75 Å². The van der Waals surface area contributed by atoms with E-state index in [0.717, 1.165) is 0 Å². The van der Waals surface area contributed by atoms with Crippen LogP contribution in [0.4, 0.5) is 11.4 Å². The van der Waals surface area contributed by atoms with Gasteiger partial charge in [0.05, 0.1) is 4.90 Å². The van der Waals surface area contributed by atoms with E-state index < -0.39 is 21.5 Å². The highest BCUT2D eigenvalue weighted by Crippen LogP contribution is 2.18. The fourth-order valence-corrected chi connectivity index (χ4v) is 3.82. The summed E-state index contributed by atoms with van der Waals surface area (Å²) in [6, 6.07) is 12.5. The van der Waals surface area contributed by atoms with Crippen LogP contribution in [0.15, 0.2) is 53.4 Å². The third-order valence-electron chi connectivity index (χ3n) is 3.41. The lowest BCUT2D eigenvalue weighted by molar-refractivity contribution is -0.118. The second kappa shape index (κ2) is 9.06. The summed E-state index contributed by atoms with van der Waals surface area (Å²) in [5.74, 6) is -0.238. The summed E-state index contributed by atoms with van der Waals surface area (Å²) in [5, 5.41) is 5.30. The molecule has 0 saturated carbocycles. The van der Waals surface area contributed by atoms with Crippen LogP contribution < -0.4 is 20.1 Å². The quantitative estimate of drug-likeness (QED) is 0.639. The van der Waals surface area contributed by atoms with Crippen LogP contribution in [0.1, 0.15) is 27.7 Å². The Bertz CT molecular complexity index is 980. The summed E-state index contributed by atoms with van der Waals surface area (Å²) in [4.78, 5) is 23.3. The third-order valence-corrected chi connectivity index (χ3v) is 5.19. The van der Waals surface area contributed by atoms with Crippen molar-refractivity contribution in [3.05, 3.63) is 48.5 Å². The van der Waals surface area contributed by atoms with Gasteiger partial charge in [0.25, 0.3) is 5.91 Å². The van der Waals surface area contributed by atoms with Gasteiger partial charge in [0.2, 0.25) is 15.9 Å². The minimum Gasteiger partial charge on any atom is -0.484 e. The van der Waals surface area contributed by atoms with E-state index in [9.17, 15) is 18.0 Å². The highest BCUT2D eigenvalue weighted by atomic mass is 32.2. The molecule has 9 heteroatoms. The van der Waals surface area contributed by atoms with Crippen LogP contribution in [0.2, 0.25) is 0 Å². The van der Waals surface area contributed by atoms with Crippen LogP contribution >= 0.6 is 0 Å². The summed E-state index contributed by atoms with van der Waals surface area (Å²) in [6.07, 6.45) is 0. The fraction of sp³-hybridized carbons (Fsp3) is 0.300. The van der Waals surface area contributed by atoms with Crippen molar-refractivity contribution < 1.29 is 22.7 Å². The molecule has 0 aliphatic heterocycles. The Morgan fingerprint density at radius 2 is 1.55 bits per heavy atom. The van der Waals surface area contributed by atoms with Crippen LogP contribution in [-0.4, -0.2) is 32.4 Å². The minimum absolute atomic E-state index is 0.110. The number of rotatable bonds is 7. The van der Waals surface area contributed by atoms with E-state index in [0.29, 0.717) is 17.1 Å². The van der Waals surface area contributed by atoms with Crippen LogP contribution in [0, 0.1) is 0 Å². The summed E-state index contributed by atoms with van der Waals surface area (Å²) in [7, 11) is -3.63. The lowest BCUT2D eigenvalue weighted by Crippen LogP contribution is -2.40. The standard InChI is InChI=1S/C20H25N3O5S/c1-14(24)21-15-6-5-7-16(12-15)22-19(25)13-28-17-8-10-18(11-9-17)29(26,27)23-20(2,3)4/h5-12,23H,13H2,1-4H3,(H,21,24)(H,22,25). The molecule has 0 saturated heterocycles. The number of hydrogen-bond acceptors (Lipinski definition) is 5. The number of hydrogen-bond donors (Lipinski definition) is 3. The Hall–Kier alpha value is -2.91. The summed E-state index contributed by atoms with van der Waals surface area (Å²) in [5.41, 5.74) is 0.486. The maximum absolute atomic E-state index is 12.3. The number of benzene rings is 2. The third kappa shape index (κ3) is 7.55. The summed E-state index contributed by atoms with van der Waals surface area (Å²) >= 11 is 0. The molecule has 2 rings (SSSR count). The Morgan fingerprint density at radius 3 is 2.10 bits per heavy atom. The number of carbonyl (C=O) groups excluding carboxylic acids is 2. The summed E-state index contributed by atoms with van der Waals surface area (Å²) < 4.78 is 32.5. The zero-order chi connectivity index (χ0) is 21.7. The molecular weight excluding hydrogens is 394 g/mol. The van der Waals surface area contributed by atoms with Gasteiger partial charge in [0.15, 0.2) is 6.61 Å². The number of ether oxygens (including phenoxy) is 1. The van der Waals surface area contributed by atoms with Crippen LogP contribution in [0.5, 0.6) is 5.75 Å². The first-order chi connectivity index (χ1) is 13.4. The van der Waals surface area contributed by atoms with E-state index in [1.165, 1.54) is 31.2 Å². The minimum atomic E-state index is -3.63. The maximum Gasteiger partial charge on any atom is 0.262 e. The van der Waals surface area contributed by atoms with Crippen molar-refractivity contribution in [2.45, 2.75) is 38.1 Å². The second-order valence-corrected chi connectivity index (χ2v) is 9.11. The number of anilines is 2. The average Bonchev–Trinajstić information content (AvgIpc) is 2.58. The Kier molecular flexibility index (Phi) is 6.99. The molecule has 0 atom stereocenters. The number of amides is 2. The van der Waals surface area contributed by atoms with Crippen molar-refractivity contribution >= 4 is 33.2 Å². The largest absolute Gasteiger partial charge is 0.484 e. The molecule has 0 bridgehead atoms. The zero-order valence-corrected chi connectivity index (χ0v) is 17.6. The molecule has 0 unspecified atom stereocenters. The van der Waals surface area contributed by atoms with E-state index in [1.807, 2.05) is 0 Å². The first kappa shape index (κ1) is 22.4. The maximum atomic E-state index is 12.3. The molecule has 0 aliphatic carbocycles. The van der Waals surface area contributed by atoms with Crippen molar-refractivity contribution in [1.29, 1.82) is 0 Å². The topological polar surface area (TPSA) is 114 Å². The Balaban J connectivity index is 1.93. The predicted octanol–water partition coefficient (Wildman–Crippen LogP) is 2.74. The van der Waals surface area contributed by atoms with Gasteiger partial charge in [0, 0.05) is 23.8 Å². The number of sulfonamides is 1. The van der Waals surface area contributed by atoms with Gasteiger partial charge >= 0.3 is 0 Å². The lowest BCUT2D eigenvalue weighted by Gasteiger charge is -2.20. The zero-order valence-electron chi connectivity index (χ0n) is 16.8. The average molecular weight is 420 g/mol. The molecule has 0 aromatic heterocycles. The van der Waals surface area contributed by atoms with Gasteiger partial charge in [-0.2, -0.15) is 0 Å². The van der Waals surface area contributed by atoms with E-state index in [4.69, 9.17) is 4.74 Å². The molecule has 29 heavy (non-hydrogen) atoms. The van der Waals surface area contributed by atoms with Crippen molar-refractivity contribution in [3.63, 3.8) is 0 Å². The predicted molar refractivity (Wildman–Crippen MR) is 111 cm³/mol. The van der Waals surface area contributed by atoms with Crippen molar-refractivity contribution in [1.82, 2.24) is 4.72 Å². The van der Waals surface area contributed by atoms with Crippen LogP contribution in [-0.2, 0) is 19.6 Å². The monoisotopic (exact) mass is 419 g/mol. The van der Waals surface area contributed by atoms with Gasteiger partial charge < -0.3 is 15.4 Å². The SMILES string of the molecule is CC(=O)Nc1cccc(NC(=O)COc2ccc(S(=O)(=O)NC(C)(C)C)cc2)c1. The molecule has 0 fully saturated rings. The van der Waals surface area contributed by atoms with Gasteiger partial charge in [-0.25, -0.2) is 13.1 Å². The van der Waals surface area contributed by atoms with E-state index in [1.54, 1.807) is 45.0 Å². The molecule has 2 amide bonds. The van der Waals surface area contributed by atoms with Gasteiger partial charge in [-0.1, -0.05) is 6.07 Å². The highest BCUT2D eigenvalue weighted by Gasteiger charge is 2.21. The molecule has 0 radical (unpaired) electrons. The normalized spacial score (nSPS) is 11.6. The lowest BCUT2D eigenvalue weighted by atomic mass is 10.1. The first-order valence-corrected chi connectivity index (χ1v) is 10.4.